The van der Waals surface area contributed by atoms with Crippen LogP contribution in [0.1, 0.15) is 38.8 Å². The molecule has 1 rings (SSSR count). The van der Waals surface area contributed by atoms with Crippen molar-refractivity contribution < 1.29 is 14.3 Å². The fourth-order valence-corrected chi connectivity index (χ4v) is 1.91. The molecule has 0 saturated carbocycles. The fraction of sp³-hybridized carbons (Fsp3) is 0.562. The lowest BCUT2D eigenvalue weighted by Crippen LogP contribution is -2.39. The highest BCUT2D eigenvalue weighted by molar-refractivity contribution is 5.78. The van der Waals surface area contributed by atoms with E-state index in [1.807, 2.05) is 39.0 Å². The van der Waals surface area contributed by atoms with Crippen LogP contribution in [0.3, 0.4) is 0 Å². The Morgan fingerprint density at radius 3 is 2.43 bits per heavy atom. The van der Waals surface area contributed by atoms with E-state index in [1.54, 1.807) is 14.2 Å². The van der Waals surface area contributed by atoms with Crippen LogP contribution in [-0.2, 0) is 4.79 Å². The van der Waals surface area contributed by atoms with E-state index in [0.29, 0.717) is 18.0 Å². The summed E-state index contributed by atoms with van der Waals surface area (Å²) in [7, 11) is 3.22. The zero-order chi connectivity index (χ0) is 15.8. The van der Waals surface area contributed by atoms with Crippen LogP contribution in [0.5, 0.6) is 11.5 Å². The molecule has 2 atom stereocenters. The topological polar surface area (TPSA) is 59.6 Å². The second-order valence-electron chi connectivity index (χ2n) is 5.09. The van der Waals surface area contributed by atoms with E-state index < -0.39 is 0 Å². The molecule has 1 amide bonds. The van der Waals surface area contributed by atoms with Gasteiger partial charge >= 0.3 is 0 Å². The molecule has 0 aliphatic rings. The van der Waals surface area contributed by atoms with Crippen LogP contribution >= 0.6 is 0 Å². The lowest BCUT2D eigenvalue weighted by atomic mass is 10.1. The SMILES string of the molecule is CCC(C)NC(=O)CNC(C)c1ccc(OC)c(OC)c1. The summed E-state index contributed by atoms with van der Waals surface area (Å²) in [6, 6.07) is 6.00. The average molecular weight is 294 g/mol. The summed E-state index contributed by atoms with van der Waals surface area (Å²) >= 11 is 0. The second kappa shape index (κ2) is 8.52. The van der Waals surface area contributed by atoms with Gasteiger partial charge in [0.05, 0.1) is 20.8 Å². The number of hydrogen-bond acceptors (Lipinski definition) is 4. The molecule has 5 heteroatoms. The van der Waals surface area contributed by atoms with Gasteiger partial charge < -0.3 is 20.1 Å². The summed E-state index contributed by atoms with van der Waals surface area (Å²) in [5.74, 6) is 1.40. The zero-order valence-corrected chi connectivity index (χ0v) is 13.5. The van der Waals surface area contributed by atoms with Crippen molar-refractivity contribution in [2.24, 2.45) is 0 Å². The van der Waals surface area contributed by atoms with Gasteiger partial charge in [0.1, 0.15) is 0 Å². The lowest BCUT2D eigenvalue weighted by Gasteiger charge is -2.17. The van der Waals surface area contributed by atoms with Crippen molar-refractivity contribution in [1.82, 2.24) is 10.6 Å². The predicted molar refractivity (Wildman–Crippen MR) is 83.9 cm³/mol. The van der Waals surface area contributed by atoms with Crippen LogP contribution in [0.2, 0.25) is 0 Å². The third-order valence-corrected chi connectivity index (χ3v) is 3.50. The summed E-state index contributed by atoms with van der Waals surface area (Å²) in [5, 5.41) is 6.14. The highest BCUT2D eigenvalue weighted by atomic mass is 16.5. The Hall–Kier alpha value is -1.75. The van der Waals surface area contributed by atoms with E-state index >= 15 is 0 Å². The quantitative estimate of drug-likeness (QED) is 0.772. The molecule has 1 aromatic carbocycles. The zero-order valence-electron chi connectivity index (χ0n) is 13.5. The standard InChI is InChI=1S/C16H26N2O3/c1-6-11(2)18-16(19)10-17-12(3)13-7-8-14(20-4)15(9-13)21-5/h7-9,11-12,17H,6,10H2,1-5H3,(H,18,19). The molecule has 118 valence electrons. The number of nitrogens with one attached hydrogen (secondary N) is 2. The van der Waals surface area contributed by atoms with Gasteiger partial charge in [-0.25, -0.2) is 0 Å². The van der Waals surface area contributed by atoms with E-state index in [4.69, 9.17) is 9.47 Å². The first-order valence-corrected chi connectivity index (χ1v) is 7.26. The molecule has 1 aromatic rings. The first-order chi connectivity index (χ1) is 10.0. The van der Waals surface area contributed by atoms with Crippen molar-refractivity contribution in [1.29, 1.82) is 0 Å². The van der Waals surface area contributed by atoms with Crippen LogP contribution < -0.4 is 20.1 Å². The van der Waals surface area contributed by atoms with Gasteiger partial charge in [0, 0.05) is 12.1 Å². The van der Waals surface area contributed by atoms with Crippen molar-refractivity contribution in [2.75, 3.05) is 20.8 Å². The molecule has 2 N–H and O–H groups in total. The Kier molecular flexibility index (Phi) is 7.02. The Morgan fingerprint density at radius 2 is 1.86 bits per heavy atom. The number of benzene rings is 1. The maximum absolute atomic E-state index is 11.8. The van der Waals surface area contributed by atoms with E-state index in [0.717, 1.165) is 12.0 Å². The number of methoxy groups -OCH3 is 2. The molecule has 0 aromatic heterocycles. The summed E-state index contributed by atoms with van der Waals surface area (Å²) in [5.41, 5.74) is 1.05. The molecule has 0 aliphatic heterocycles. The smallest absolute Gasteiger partial charge is 0.234 e. The van der Waals surface area contributed by atoms with E-state index in [1.165, 1.54) is 0 Å². The normalized spacial score (nSPS) is 13.4. The molecular formula is C16H26N2O3. The maximum Gasteiger partial charge on any atom is 0.234 e. The Morgan fingerprint density at radius 1 is 1.19 bits per heavy atom. The monoisotopic (exact) mass is 294 g/mol. The number of rotatable bonds is 8. The Labute approximate surface area is 127 Å². The van der Waals surface area contributed by atoms with Gasteiger partial charge in [0.15, 0.2) is 11.5 Å². The van der Waals surface area contributed by atoms with Gasteiger partial charge in [-0.15, -0.1) is 0 Å². The number of hydrogen-bond donors (Lipinski definition) is 2. The minimum Gasteiger partial charge on any atom is -0.493 e. The van der Waals surface area contributed by atoms with Crippen molar-refractivity contribution in [3.8, 4) is 11.5 Å². The van der Waals surface area contributed by atoms with Crippen LogP contribution in [0.4, 0.5) is 0 Å². The van der Waals surface area contributed by atoms with E-state index in [9.17, 15) is 4.79 Å². The molecule has 0 bridgehead atoms. The van der Waals surface area contributed by atoms with Crippen molar-refractivity contribution in [3.63, 3.8) is 0 Å². The molecule has 0 heterocycles. The van der Waals surface area contributed by atoms with E-state index in [-0.39, 0.29) is 18.0 Å². The number of carbonyl (C=O) groups excluding carboxylic acids is 1. The maximum atomic E-state index is 11.8. The predicted octanol–water partition coefficient (Wildman–Crippen LogP) is 2.27. The molecule has 5 nitrogen and oxygen atoms in total. The van der Waals surface area contributed by atoms with Gasteiger partial charge in [-0.2, -0.15) is 0 Å². The number of amides is 1. The molecule has 21 heavy (non-hydrogen) atoms. The summed E-state index contributed by atoms with van der Waals surface area (Å²) in [6.07, 6.45) is 0.928. The molecule has 0 spiro atoms. The molecule has 0 radical (unpaired) electrons. The van der Waals surface area contributed by atoms with Crippen molar-refractivity contribution >= 4 is 5.91 Å². The highest BCUT2D eigenvalue weighted by Crippen LogP contribution is 2.29. The number of carbonyl (C=O) groups is 1. The van der Waals surface area contributed by atoms with Gasteiger partial charge in [0.2, 0.25) is 5.91 Å². The van der Waals surface area contributed by atoms with Crippen molar-refractivity contribution in [2.45, 2.75) is 39.3 Å². The Balaban J connectivity index is 2.59. The third-order valence-electron chi connectivity index (χ3n) is 3.50. The minimum atomic E-state index is 0.0108. The summed E-state index contributed by atoms with van der Waals surface area (Å²) in [6.45, 7) is 6.35. The second-order valence-corrected chi connectivity index (χ2v) is 5.09. The van der Waals surface area contributed by atoms with E-state index in [2.05, 4.69) is 10.6 Å². The summed E-state index contributed by atoms with van der Waals surface area (Å²) < 4.78 is 10.5. The first kappa shape index (κ1) is 17.3. The molecule has 0 saturated heterocycles. The van der Waals surface area contributed by atoms with Gasteiger partial charge in [-0.05, 0) is 38.0 Å². The fourth-order valence-electron chi connectivity index (χ4n) is 1.91. The van der Waals surface area contributed by atoms with Crippen LogP contribution in [0.25, 0.3) is 0 Å². The molecular weight excluding hydrogens is 268 g/mol. The molecule has 0 fully saturated rings. The van der Waals surface area contributed by atoms with Crippen LogP contribution in [0.15, 0.2) is 18.2 Å². The third kappa shape index (κ3) is 5.27. The van der Waals surface area contributed by atoms with Gasteiger partial charge in [-0.1, -0.05) is 13.0 Å². The molecule has 0 aliphatic carbocycles. The first-order valence-electron chi connectivity index (χ1n) is 7.26. The largest absolute Gasteiger partial charge is 0.493 e. The van der Waals surface area contributed by atoms with Crippen molar-refractivity contribution in [3.05, 3.63) is 23.8 Å². The minimum absolute atomic E-state index is 0.0108. The average Bonchev–Trinajstić information content (AvgIpc) is 2.51. The number of ether oxygens (including phenoxy) is 2. The van der Waals surface area contributed by atoms with Crippen LogP contribution in [-0.4, -0.2) is 32.7 Å². The molecule has 2 unspecified atom stereocenters. The highest BCUT2D eigenvalue weighted by Gasteiger charge is 2.12. The van der Waals surface area contributed by atoms with Crippen LogP contribution in [0, 0.1) is 0 Å². The summed E-state index contributed by atoms with van der Waals surface area (Å²) in [4.78, 5) is 11.8. The van der Waals surface area contributed by atoms with Gasteiger partial charge in [-0.3, -0.25) is 4.79 Å². The Bertz CT molecular complexity index is 463. The van der Waals surface area contributed by atoms with Gasteiger partial charge in [0.25, 0.3) is 0 Å². The lowest BCUT2D eigenvalue weighted by molar-refractivity contribution is -0.120.